The molecule has 6 heteroatoms. The molecule has 0 aliphatic carbocycles. The van der Waals surface area contributed by atoms with Crippen LogP contribution in [-0.4, -0.2) is 37.2 Å². The minimum atomic E-state index is -0.787. The Hall–Kier alpha value is -2.89. The molecule has 0 aliphatic rings. The summed E-state index contributed by atoms with van der Waals surface area (Å²) in [7, 11) is 0. The highest BCUT2D eigenvalue weighted by molar-refractivity contribution is 5.71. The molecule has 376 valence electrons. The Morgan fingerprint density at radius 1 is 0.323 bits per heavy atom. The first-order valence-corrected chi connectivity index (χ1v) is 27.8. The minimum Gasteiger partial charge on any atom is -0.462 e. The maximum atomic E-state index is 12.8. The molecule has 0 radical (unpaired) electrons. The second-order valence-corrected chi connectivity index (χ2v) is 18.5. The van der Waals surface area contributed by atoms with Crippen LogP contribution in [-0.2, 0) is 28.6 Å². The molecule has 0 aliphatic heterocycles. The van der Waals surface area contributed by atoms with Gasteiger partial charge in [-0.3, -0.25) is 14.4 Å². The van der Waals surface area contributed by atoms with Crippen LogP contribution in [0.1, 0.15) is 278 Å². The van der Waals surface area contributed by atoms with Crippen LogP contribution < -0.4 is 0 Å². The van der Waals surface area contributed by atoms with E-state index >= 15 is 0 Å². The molecular formula is C59H104O6. The number of carbonyl (C=O) groups is 3. The average Bonchev–Trinajstić information content (AvgIpc) is 3.30. The van der Waals surface area contributed by atoms with E-state index in [0.717, 1.165) is 109 Å². The summed E-state index contributed by atoms with van der Waals surface area (Å²) in [6, 6.07) is 0. The molecule has 0 N–H and O–H groups in total. The van der Waals surface area contributed by atoms with Crippen LogP contribution in [0.4, 0.5) is 0 Å². The Bertz CT molecular complexity index is 1180. The van der Waals surface area contributed by atoms with Gasteiger partial charge in [0, 0.05) is 19.3 Å². The molecule has 0 rings (SSSR count). The van der Waals surface area contributed by atoms with Crippen molar-refractivity contribution in [2.75, 3.05) is 13.2 Å². The number of rotatable bonds is 50. The second-order valence-electron chi connectivity index (χ2n) is 18.5. The maximum absolute atomic E-state index is 12.8. The monoisotopic (exact) mass is 909 g/mol. The van der Waals surface area contributed by atoms with Crippen molar-refractivity contribution >= 4 is 17.9 Å². The van der Waals surface area contributed by atoms with E-state index in [1.165, 1.54) is 128 Å². The standard InChI is InChI=1S/C59H104O6/c1-4-7-10-13-16-19-22-25-27-29-31-32-34-37-40-43-46-49-52-58(61)64-55-56(54-63-57(60)51-48-45-42-39-36-24-21-18-15-12-9-6-3)65-59(62)53-50-47-44-41-38-35-33-30-28-26-23-20-17-14-11-8-5-2/h9,12,17-18,20-21,26,28,31-32,56H,4-8,10-11,13-16,19,22-25,27,29-30,33-55H2,1-3H3/b12-9-,20-17-,21-18-,28-26-,32-31-. The van der Waals surface area contributed by atoms with Gasteiger partial charge in [-0.15, -0.1) is 0 Å². The Kier molecular flexibility index (Phi) is 51.3. The summed E-state index contributed by atoms with van der Waals surface area (Å²) in [6.07, 6.45) is 66.4. The fourth-order valence-electron chi connectivity index (χ4n) is 7.80. The van der Waals surface area contributed by atoms with Gasteiger partial charge in [-0.2, -0.15) is 0 Å². The molecule has 0 fully saturated rings. The van der Waals surface area contributed by atoms with Crippen LogP contribution in [0.5, 0.6) is 0 Å². The van der Waals surface area contributed by atoms with E-state index < -0.39 is 6.10 Å². The lowest BCUT2D eigenvalue weighted by atomic mass is 10.1. The van der Waals surface area contributed by atoms with E-state index in [1.54, 1.807) is 0 Å². The number of ether oxygens (including phenoxy) is 3. The molecule has 1 atom stereocenters. The Morgan fingerprint density at radius 2 is 0.600 bits per heavy atom. The minimum absolute atomic E-state index is 0.0858. The zero-order valence-electron chi connectivity index (χ0n) is 43.0. The summed E-state index contributed by atoms with van der Waals surface area (Å²) in [5.74, 6) is -0.909. The van der Waals surface area contributed by atoms with E-state index in [1.807, 2.05) is 0 Å². The predicted molar refractivity (Wildman–Crippen MR) is 279 cm³/mol. The van der Waals surface area contributed by atoms with Crippen molar-refractivity contribution in [3.63, 3.8) is 0 Å². The van der Waals surface area contributed by atoms with Crippen molar-refractivity contribution in [1.29, 1.82) is 0 Å². The van der Waals surface area contributed by atoms with Gasteiger partial charge in [0.05, 0.1) is 0 Å². The van der Waals surface area contributed by atoms with Crippen molar-refractivity contribution in [2.45, 2.75) is 284 Å². The van der Waals surface area contributed by atoms with Gasteiger partial charge in [0.1, 0.15) is 13.2 Å². The zero-order chi connectivity index (χ0) is 47.2. The van der Waals surface area contributed by atoms with Gasteiger partial charge < -0.3 is 14.2 Å². The molecule has 0 saturated carbocycles. The largest absolute Gasteiger partial charge is 0.462 e. The summed E-state index contributed by atoms with van der Waals surface area (Å²) in [6.45, 7) is 6.50. The number of esters is 3. The quantitative estimate of drug-likeness (QED) is 0.0262. The number of unbranched alkanes of at least 4 members (excludes halogenated alkanes) is 29. The normalized spacial score (nSPS) is 12.5. The van der Waals surface area contributed by atoms with E-state index in [4.69, 9.17) is 14.2 Å². The van der Waals surface area contributed by atoms with Crippen LogP contribution in [0.25, 0.3) is 0 Å². The highest BCUT2D eigenvalue weighted by Gasteiger charge is 2.19. The predicted octanol–water partition coefficient (Wildman–Crippen LogP) is 18.4. The molecule has 6 nitrogen and oxygen atoms in total. The zero-order valence-corrected chi connectivity index (χ0v) is 43.0. The topological polar surface area (TPSA) is 78.9 Å². The van der Waals surface area contributed by atoms with Crippen LogP contribution >= 0.6 is 0 Å². The highest BCUT2D eigenvalue weighted by Crippen LogP contribution is 2.15. The summed E-state index contributed by atoms with van der Waals surface area (Å²) >= 11 is 0. The maximum Gasteiger partial charge on any atom is 0.306 e. The van der Waals surface area contributed by atoms with Crippen LogP contribution in [0.15, 0.2) is 60.8 Å². The molecule has 0 bridgehead atoms. The first-order valence-electron chi connectivity index (χ1n) is 27.8. The SMILES string of the molecule is CC/C=C\C/C=C\CCCCCCCC(=O)OCC(COC(=O)CCCCCCC/C=C\CCCCCCCCCCC)OC(=O)CCCCCCCCC/C=C\C/C=C\CCCCC. The summed E-state index contributed by atoms with van der Waals surface area (Å²) in [5, 5.41) is 0. The summed E-state index contributed by atoms with van der Waals surface area (Å²) in [5.41, 5.74) is 0. The lowest BCUT2D eigenvalue weighted by Crippen LogP contribution is -2.30. The molecule has 65 heavy (non-hydrogen) atoms. The van der Waals surface area contributed by atoms with Gasteiger partial charge in [0.15, 0.2) is 6.10 Å². The fraction of sp³-hybridized carbons (Fsp3) is 0.780. The van der Waals surface area contributed by atoms with Crippen molar-refractivity contribution in [1.82, 2.24) is 0 Å². The number of carbonyl (C=O) groups excluding carboxylic acids is 3. The average molecular weight is 909 g/mol. The second kappa shape index (κ2) is 53.7. The van der Waals surface area contributed by atoms with Crippen molar-refractivity contribution < 1.29 is 28.6 Å². The third-order valence-corrected chi connectivity index (χ3v) is 12.0. The molecule has 1 unspecified atom stereocenters. The Morgan fingerprint density at radius 3 is 0.969 bits per heavy atom. The third kappa shape index (κ3) is 51.9. The van der Waals surface area contributed by atoms with Crippen molar-refractivity contribution in [2.24, 2.45) is 0 Å². The summed E-state index contributed by atoms with van der Waals surface area (Å²) in [4.78, 5) is 38.1. The van der Waals surface area contributed by atoms with Gasteiger partial charge >= 0.3 is 17.9 Å². The number of allylic oxidation sites excluding steroid dienone is 10. The third-order valence-electron chi connectivity index (χ3n) is 12.0. The molecular weight excluding hydrogens is 805 g/mol. The Labute approximate surface area is 402 Å². The molecule has 0 spiro atoms. The first kappa shape index (κ1) is 62.1. The lowest BCUT2D eigenvalue weighted by Gasteiger charge is -2.18. The van der Waals surface area contributed by atoms with Crippen molar-refractivity contribution in [3.8, 4) is 0 Å². The summed E-state index contributed by atoms with van der Waals surface area (Å²) < 4.78 is 16.8. The van der Waals surface area contributed by atoms with Crippen molar-refractivity contribution in [3.05, 3.63) is 60.8 Å². The molecule has 0 heterocycles. The first-order chi connectivity index (χ1) is 32.0. The van der Waals surface area contributed by atoms with Gasteiger partial charge in [0.25, 0.3) is 0 Å². The van der Waals surface area contributed by atoms with E-state index in [-0.39, 0.29) is 31.1 Å². The van der Waals surface area contributed by atoms with E-state index in [2.05, 4.69) is 81.5 Å². The highest BCUT2D eigenvalue weighted by atomic mass is 16.6. The van der Waals surface area contributed by atoms with Crippen LogP contribution in [0, 0.1) is 0 Å². The molecule has 0 aromatic rings. The smallest absolute Gasteiger partial charge is 0.306 e. The van der Waals surface area contributed by atoms with Gasteiger partial charge in [-0.05, 0) is 103 Å². The van der Waals surface area contributed by atoms with Crippen LogP contribution in [0.2, 0.25) is 0 Å². The number of hydrogen-bond acceptors (Lipinski definition) is 6. The molecule has 0 aromatic heterocycles. The van der Waals surface area contributed by atoms with Gasteiger partial charge in [-0.1, -0.05) is 216 Å². The van der Waals surface area contributed by atoms with E-state index in [9.17, 15) is 14.4 Å². The van der Waals surface area contributed by atoms with Crippen LogP contribution in [0.3, 0.4) is 0 Å². The number of hydrogen-bond donors (Lipinski definition) is 0. The van der Waals surface area contributed by atoms with Gasteiger partial charge in [0.2, 0.25) is 0 Å². The molecule has 0 amide bonds. The molecule has 0 aromatic carbocycles. The Balaban J connectivity index is 4.38. The fourth-order valence-corrected chi connectivity index (χ4v) is 7.80. The van der Waals surface area contributed by atoms with E-state index in [0.29, 0.717) is 19.3 Å². The lowest BCUT2D eigenvalue weighted by molar-refractivity contribution is -0.167. The molecule has 0 saturated heterocycles. The van der Waals surface area contributed by atoms with Gasteiger partial charge in [-0.25, -0.2) is 0 Å².